The smallest absolute Gasteiger partial charge is 0.257 e. The van der Waals surface area contributed by atoms with Crippen molar-refractivity contribution in [2.75, 3.05) is 32.1 Å². The van der Waals surface area contributed by atoms with Gasteiger partial charge in [-0.15, -0.1) is 24.8 Å². The Hall–Kier alpha value is -0.560. The molecule has 0 aliphatic carbocycles. The summed E-state index contributed by atoms with van der Waals surface area (Å²) in [6.45, 7) is 3.44. The van der Waals surface area contributed by atoms with Crippen LogP contribution in [0.4, 0.5) is 5.82 Å². The lowest BCUT2D eigenvalue weighted by atomic mass is 10.1. The van der Waals surface area contributed by atoms with E-state index in [-0.39, 0.29) is 36.8 Å². The van der Waals surface area contributed by atoms with Gasteiger partial charge in [0.15, 0.2) is 0 Å². The van der Waals surface area contributed by atoms with E-state index in [9.17, 15) is 4.79 Å². The van der Waals surface area contributed by atoms with Crippen molar-refractivity contribution < 1.29 is 4.79 Å². The zero-order valence-electron chi connectivity index (χ0n) is 13.0. The first kappa shape index (κ1) is 21.4. The predicted molar refractivity (Wildman–Crippen MR) is 98.4 cm³/mol. The second-order valence-electron chi connectivity index (χ2n) is 5.56. The minimum Gasteiger partial charge on any atom is -0.362 e. The summed E-state index contributed by atoms with van der Waals surface area (Å²) in [5, 5.41) is 0. The van der Waals surface area contributed by atoms with Crippen molar-refractivity contribution in [3.63, 3.8) is 0 Å². The number of nitrogens with zero attached hydrogens (tertiary/aromatic N) is 3. The second kappa shape index (κ2) is 8.91. The van der Waals surface area contributed by atoms with Gasteiger partial charge in [0.05, 0.1) is 5.56 Å². The fourth-order valence-corrected chi connectivity index (χ4v) is 3.03. The number of nitrogens with two attached hydrogens (primary N) is 1. The van der Waals surface area contributed by atoms with Crippen molar-refractivity contribution in [1.82, 2.24) is 9.88 Å². The minimum absolute atomic E-state index is 0. The summed E-state index contributed by atoms with van der Waals surface area (Å²) >= 11 is 3.39. The van der Waals surface area contributed by atoms with E-state index in [0.29, 0.717) is 23.8 Å². The van der Waals surface area contributed by atoms with Crippen LogP contribution in [0.5, 0.6) is 0 Å². The molecule has 2 unspecified atom stereocenters. The molecule has 2 N–H and O–H groups in total. The molecule has 22 heavy (non-hydrogen) atoms. The number of amides is 1. The maximum Gasteiger partial charge on any atom is 0.257 e. The molecule has 5 nitrogen and oxygen atoms in total. The number of halogens is 3. The van der Waals surface area contributed by atoms with Crippen LogP contribution in [-0.2, 0) is 0 Å². The second-order valence-corrected chi connectivity index (χ2v) is 6.48. The topological polar surface area (TPSA) is 62.5 Å². The third-order valence-corrected chi connectivity index (χ3v) is 4.18. The highest BCUT2D eigenvalue weighted by atomic mass is 79.9. The molecular formula is C14H23BrCl2N4O. The average molecular weight is 414 g/mol. The van der Waals surface area contributed by atoms with E-state index in [1.165, 1.54) is 0 Å². The van der Waals surface area contributed by atoms with Crippen molar-refractivity contribution >= 4 is 52.5 Å². The molecule has 1 aliphatic heterocycles. The molecule has 0 saturated carbocycles. The molecule has 1 aliphatic rings. The van der Waals surface area contributed by atoms with Crippen molar-refractivity contribution in [3.8, 4) is 0 Å². The van der Waals surface area contributed by atoms with Crippen LogP contribution in [-0.4, -0.2) is 49.0 Å². The van der Waals surface area contributed by atoms with E-state index in [2.05, 4.69) is 27.8 Å². The summed E-state index contributed by atoms with van der Waals surface area (Å²) in [7, 11) is 3.78. The molecule has 2 heterocycles. The van der Waals surface area contributed by atoms with Crippen molar-refractivity contribution in [2.45, 2.75) is 19.4 Å². The van der Waals surface area contributed by atoms with Gasteiger partial charge in [-0.1, -0.05) is 0 Å². The van der Waals surface area contributed by atoms with Gasteiger partial charge >= 0.3 is 0 Å². The molecule has 1 saturated heterocycles. The van der Waals surface area contributed by atoms with Crippen molar-refractivity contribution in [2.24, 2.45) is 11.7 Å². The lowest BCUT2D eigenvalue weighted by Gasteiger charge is -2.24. The van der Waals surface area contributed by atoms with Gasteiger partial charge < -0.3 is 15.5 Å². The Morgan fingerprint density at radius 2 is 2.14 bits per heavy atom. The number of rotatable bonds is 3. The van der Waals surface area contributed by atoms with Crippen LogP contribution >= 0.6 is 40.7 Å². The number of hydrogen-bond acceptors (Lipinski definition) is 4. The molecule has 8 heteroatoms. The number of pyridine rings is 1. The molecule has 1 amide bonds. The van der Waals surface area contributed by atoms with Crippen LogP contribution in [0.25, 0.3) is 0 Å². The number of hydrogen-bond donors (Lipinski definition) is 1. The number of anilines is 1. The highest BCUT2D eigenvalue weighted by Crippen LogP contribution is 2.28. The predicted octanol–water partition coefficient (Wildman–Crippen LogP) is 2.56. The Morgan fingerprint density at radius 1 is 1.50 bits per heavy atom. The quantitative estimate of drug-likeness (QED) is 0.826. The van der Waals surface area contributed by atoms with Crippen LogP contribution in [0.3, 0.4) is 0 Å². The number of carbonyl (C=O) groups is 1. The van der Waals surface area contributed by atoms with Gasteiger partial charge in [-0.2, -0.15) is 0 Å². The van der Waals surface area contributed by atoms with Crippen molar-refractivity contribution in [3.05, 3.63) is 22.3 Å². The molecule has 0 spiro atoms. The molecule has 1 aromatic heterocycles. The maximum absolute atomic E-state index is 12.8. The molecule has 1 aromatic rings. The van der Waals surface area contributed by atoms with E-state index < -0.39 is 0 Å². The molecule has 0 bridgehead atoms. The molecule has 2 atom stereocenters. The molecule has 0 aromatic carbocycles. The Labute approximate surface area is 152 Å². The minimum atomic E-state index is 0. The molecule has 0 radical (unpaired) electrons. The summed E-state index contributed by atoms with van der Waals surface area (Å²) in [6.07, 6.45) is 2.68. The molecule has 126 valence electrons. The maximum atomic E-state index is 12.8. The Balaban J connectivity index is 0.00000220. The lowest BCUT2D eigenvalue weighted by molar-refractivity contribution is 0.0743. The summed E-state index contributed by atoms with van der Waals surface area (Å²) in [5.41, 5.74) is 6.37. The fourth-order valence-electron chi connectivity index (χ4n) is 2.70. The number of carbonyl (C=O) groups excluding carboxylic acids is 1. The van der Waals surface area contributed by atoms with E-state index in [0.717, 1.165) is 17.4 Å². The zero-order valence-corrected chi connectivity index (χ0v) is 16.2. The fraction of sp³-hybridized carbons (Fsp3) is 0.571. The van der Waals surface area contributed by atoms with Crippen LogP contribution in [0.15, 0.2) is 16.7 Å². The summed E-state index contributed by atoms with van der Waals surface area (Å²) < 4.78 is 0.814. The molecular weight excluding hydrogens is 391 g/mol. The SMILES string of the molecule is CC1CC(CN)CN1C(=O)c1cc(Br)cnc1N(C)C.Cl.Cl. The van der Waals surface area contributed by atoms with Gasteiger partial charge in [0.1, 0.15) is 5.82 Å². The van der Waals surface area contributed by atoms with E-state index in [1.807, 2.05) is 30.0 Å². The van der Waals surface area contributed by atoms with Gasteiger partial charge in [0.25, 0.3) is 5.91 Å². The van der Waals surface area contributed by atoms with Crippen LogP contribution < -0.4 is 10.6 Å². The van der Waals surface area contributed by atoms with E-state index in [4.69, 9.17) is 5.73 Å². The zero-order chi connectivity index (χ0) is 14.9. The number of likely N-dealkylation sites (tertiary alicyclic amines) is 1. The third kappa shape index (κ3) is 4.47. The summed E-state index contributed by atoms with van der Waals surface area (Å²) in [5.74, 6) is 1.13. The van der Waals surface area contributed by atoms with Gasteiger partial charge in [-0.05, 0) is 47.8 Å². The Kier molecular flexibility index (Phi) is 8.69. The monoisotopic (exact) mass is 412 g/mol. The van der Waals surface area contributed by atoms with Gasteiger partial charge in [0.2, 0.25) is 0 Å². The molecule has 2 rings (SSSR count). The van der Waals surface area contributed by atoms with E-state index in [1.54, 1.807) is 6.20 Å². The third-order valence-electron chi connectivity index (χ3n) is 3.74. The number of aromatic nitrogens is 1. The highest BCUT2D eigenvalue weighted by Gasteiger charge is 2.33. The summed E-state index contributed by atoms with van der Waals surface area (Å²) in [4.78, 5) is 20.9. The lowest BCUT2D eigenvalue weighted by Crippen LogP contribution is -2.35. The van der Waals surface area contributed by atoms with Gasteiger partial charge in [-0.25, -0.2) is 4.98 Å². The Morgan fingerprint density at radius 3 is 2.64 bits per heavy atom. The normalized spacial score (nSPS) is 20.1. The first-order valence-electron chi connectivity index (χ1n) is 6.78. The summed E-state index contributed by atoms with van der Waals surface area (Å²) in [6, 6.07) is 2.07. The van der Waals surface area contributed by atoms with Gasteiger partial charge in [0, 0.05) is 37.4 Å². The highest BCUT2D eigenvalue weighted by molar-refractivity contribution is 9.10. The Bertz CT molecular complexity index is 516. The van der Waals surface area contributed by atoms with Crippen LogP contribution in [0.1, 0.15) is 23.7 Å². The van der Waals surface area contributed by atoms with Crippen LogP contribution in [0, 0.1) is 5.92 Å². The first-order valence-corrected chi connectivity index (χ1v) is 7.57. The van der Waals surface area contributed by atoms with Gasteiger partial charge in [-0.3, -0.25) is 4.79 Å². The van der Waals surface area contributed by atoms with E-state index >= 15 is 0 Å². The largest absolute Gasteiger partial charge is 0.362 e. The average Bonchev–Trinajstić information content (AvgIpc) is 2.78. The molecule has 1 fully saturated rings. The van der Waals surface area contributed by atoms with Crippen LogP contribution in [0.2, 0.25) is 0 Å². The standard InChI is InChI=1S/C14H21BrN4O.2ClH/c1-9-4-10(6-16)8-19(9)14(20)12-5-11(15)7-17-13(12)18(2)3;;/h5,7,9-10H,4,6,8,16H2,1-3H3;2*1H. The first-order chi connectivity index (χ1) is 9.43. The van der Waals surface area contributed by atoms with Crippen molar-refractivity contribution in [1.29, 1.82) is 0 Å².